The van der Waals surface area contributed by atoms with Crippen molar-refractivity contribution in [3.8, 4) is 5.75 Å². The first kappa shape index (κ1) is 14.9. The first-order chi connectivity index (χ1) is 10.8. The van der Waals surface area contributed by atoms with Crippen LogP contribution < -0.4 is 4.74 Å². The number of pyridine rings is 1. The number of aliphatic hydroxyl groups excluding tert-OH is 1. The number of benzene rings is 2. The first-order valence-corrected chi connectivity index (χ1v) is 8.13. The van der Waals surface area contributed by atoms with Crippen molar-refractivity contribution in [2.75, 3.05) is 12.4 Å². The van der Waals surface area contributed by atoms with Crippen LogP contribution in [-0.4, -0.2) is 28.6 Å². The van der Waals surface area contributed by atoms with Gasteiger partial charge in [0.1, 0.15) is 12.4 Å². The molecule has 1 aromatic heterocycles. The molecule has 1 unspecified atom stereocenters. The van der Waals surface area contributed by atoms with E-state index in [1.165, 1.54) is 17.1 Å². The third-order valence-electron chi connectivity index (χ3n) is 3.22. The summed E-state index contributed by atoms with van der Waals surface area (Å²) in [6.07, 6.45) is 1.22. The largest absolute Gasteiger partial charge is 0.491 e. The molecule has 4 heteroatoms. The summed E-state index contributed by atoms with van der Waals surface area (Å²) in [7, 11) is 0. The van der Waals surface area contributed by atoms with Gasteiger partial charge in [0.05, 0.1) is 11.1 Å². The number of rotatable bonds is 6. The predicted molar refractivity (Wildman–Crippen MR) is 90.4 cm³/mol. The maximum atomic E-state index is 10.0. The van der Waals surface area contributed by atoms with Gasteiger partial charge in [-0.15, -0.1) is 11.8 Å². The zero-order valence-corrected chi connectivity index (χ0v) is 12.9. The summed E-state index contributed by atoms with van der Waals surface area (Å²) < 4.78 is 5.68. The summed E-state index contributed by atoms with van der Waals surface area (Å²) in [6.45, 7) is 0.276. The van der Waals surface area contributed by atoms with E-state index in [9.17, 15) is 5.11 Å². The Morgan fingerprint density at radius 2 is 1.82 bits per heavy atom. The number of fused-ring (bicyclic) bond motifs is 1. The molecule has 0 saturated heterocycles. The van der Waals surface area contributed by atoms with Gasteiger partial charge in [-0.2, -0.15) is 0 Å². The van der Waals surface area contributed by atoms with Crippen molar-refractivity contribution >= 4 is 22.5 Å². The smallest absolute Gasteiger partial charge is 0.120 e. The SMILES string of the molecule is OC(COc1ccc2ccccc2c1)CSc1ccccn1. The van der Waals surface area contributed by atoms with Crippen molar-refractivity contribution < 1.29 is 9.84 Å². The van der Waals surface area contributed by atoms with Gasteiger partial charge in [-0.25, -0.2) is 4.98 Å². The molecule has 0 bridgehead atoms. The van der Waals surface area contributed by atoms with Crippen LogP contribution in [0.15, 0.2) is 71.9 Å². The molecule has 1 N–H and O–H groups in total. The summed E-state index contributed by atoms with van der Waals surface area (Å²) in [6, 6.07) is 19.8. The molecule has 22 heavy (non-hydrogen) atoms. The number of aliphatic hydroxyl groups is 1. The highest BCUT2D eigenvalue weighted by atomic mass is 32.2. The molecule has 1 atom stereocenters. The Morgan fingerprint density at radius 1 is 1.00 bits per heavy atom. The fraction of sp³-hybridized carbons (Fsp3) is 0.167. The molecular weight excluding hydrogens is 294 g/mol. The van der Waals surface area contributed by atoms with Gasteiger partial charge in [-0.05, 0) is 35.0 Å². The van der Waals surface area contributed by atoms with Crippen molar-refractivity contribution in [1.29, 1.82) is 0 Å². The van der Waals surface area contributed by atoms with Crippen LogP contribution in [0.2, 0.25) is 0 Å². The van der Waals surface area contributed by atoms with E-state index >= 15 is 0 Å². The van der Waals surface area contributed by atoms with E-state index in [2.05, 4.69) is 17.1 Å². The standard InChI is InChI=1S/C18H17NO2S/c20-16(13-22-18-7-3-4-10-19-18)12-21-17-9-8-14-5-1-2-6-15(14)11-17/h1-11,16,20H,12-13H2. The number of nitrogens with zero attached hydrogens (tertiary/aromatic N) is 1. The van der Waals surface area contributed by atoms with Crippen molar-refractivity contribution in [3.63, 3.8) is 0 Å². The van der Waals surface area contributed by atoms with Crippen molar-refractivity contribution in [3.05, 3.63) is 66.9 Å². The van der Waals surface area contributed by atoms with Gasteiger partial charge in [0.2, 0.25) is 0 Å². The number of thioether (sulfide) groups is 1. The Balaban J connectivity index is 1.52. The quantitative estimate of drug-likeness (QED) is 0.704. The summed E-state index contributed by atoms with van der Waals surface area (Å²) in [5, 5.41) is 13.2. The van der Waals surface area contributed by atoms with Crippen LogP contribution >= 0.6 is 11.8 Å². The molecule has 0 amide bonds. The molecule has 0 aliphatic heterocycles. The molecule has 0 spiro atoms. The summed E-state index contributed by atoms with van der Waals surface area (Å²) >= 11 is 1.53. The van der Waals surface area contributed by atoms with E-state index in [1.54, 1.807) is 6.20 Å². The molecule has 0 aliphatic rings. The van der Waals surface area contributed by atoms with Gasteiger partial charge in [-0.3, -0.25) is 0 Å². The number of ether oxygens (including phenoxy) is 1. The Hall–Kier alpha value is -2.04. The molecule has 0 radical (unpaired) electrons. The highest BCUT2D eigenvalue weighted by molar-refractivity contribution is 7.99. The van der Waals surface area contributed by atoms with Crippen molar-refractivity contribution in [1.82, 2.24) is 4.98 Å². The molecule has 3 nitrogen and oxygen atoms in total. The Kier molecular flexibility index (Phi) is 4.93. The lowest BCUT2D eigenvalue weighted by molar-refractivity contribution is 0.126. The topological polar surface area (TPSA) is 42.4 Å². The van der Waals surface area contributed by atoms with E-state index in [0.29, 0.717) is 5.75 Å². The molecule has 0 aliphatic carbocycles. The molecule has 1 heterocycles. The minimum Gasteiger partial charge on any atom is -0.491 e. The molecule has 0 saturated carbocycles. The molecule has 112 valence electrons. The van der Waals surface area contributed by atoms with Gasteiger partial charge < -0.3 is 9.84 Å². The number of hydrogen-bond acceptors (Lipinski definition) is 4. The maximum Gasteiger partial charge on any atom is 0.120 e. The summed E-state index contributed by atoms with van der Waals surface area (Å²) in [5.41, 5.74) is 0. The van der Waals surface area contributed by atoms with E-state index in [4.69, 9.17) is 4.74 Å². The maximum absolute atomic E-state index is 10.0. The van der Waals surface area contributed by atoms with E-state index < -0.39 is 6.10 Å². The lowest BCUT2D eigenvalue weighted by Crippen LogP contribution is -2.20. The molecule has 3 aromatic rings. The fourth-order valence-corrected chi connectivity index (χ4v) is 2.88. The van der Waals surface area contributed by atoms with Gasteiger partial charge in [0.15, 0.2) is 0 Å². The van der Waals surface area contributed by atoms with E-state index in [1.807, 2.05) is 48.5 Å². The number of hydrogen-bond donors (Lipinski definition) is 1. The van der Waals surface area contributed by atoms with E-state index in [0.717, 1.165) is 16.2 Å². The fourth-order valence-electron chi connectivity index (χ4n) is 2.11. The second-order valence-corrected chi connectivity index (χ2v) is 5.99. The molecule has 3 rings (SSSR count). The number of aromatic nitrogens is 1. The monoisotopic (exact) mass is 311 g/mol. The third kappa shape index (κ3) is 4.00. The zero-order chi connectivity index (χ0) is 15.2. The minimum absolute atomic E-state index is 0.276. The second kappa shape index (κ2) is 7.29. The Labute approximate surface area is 134 Å². The highest BCUT2D eigenvalue weighted by Gasteiger charge is 2.07. The van der Waals surface area contributed by atoms with Crippen LogP contribution in [0.5, 0.6) is 5.75 Å². The van der Waals surface area contributed by atoms with Gasteiger partial charge in [0, 0.05) is 11.9 Å². The van der Waals surface area contributed by atoms with Crippen LogP contribution in [0.4, 0.5) is 0 Å². The first-order valence-electron chi connectivity index (χ1n) is 7.15. The van der Waals surface area contributed by atoms with Crippen LogP contribution in [0.3, 0.4) is 0 Å². The van der Waals surface area contributed by atoms with Gasteiger partial charge in [-0.1, -0.05) is 36.4 Å². The summed E-state index contributed by atoms with van der Waals surface area (Å²) in [5.74, 6) is 1.34. The second-order valence-electron chi connectivity index (χ2n) is 4.95. The average molecular weight is 311 g/mol. The third-order valence-corrected chi connectivity index (χ3v) is 4.31. The lowest BCUT2D eigenvalue weighted by atomic mass is 10.1. The van der Waals surface area contributed by atoms with Crippen molar-refractivity contribution in [2.24, 2.45) is 0 Å². The normalized spacial score (nSPS) is 12.2. The van der Waals surface area contributed by atoms with Crippen LogP contribution in [0.25, 0.3) is 10.8 Å². The average Bonchev–Trinajstić information content (AvgIpc) is 2.59. The van der Waals surface area contributed by atoms with Crippen LogP contribution in [0, 0.1) is 0 Å². The van der Waals surface area contributed by atoms with Gasteiger partial charge >= 0.3 is 0 Å². The highest BCUT2D eigenvalue weighted by Crippen LogP contribution is 2.21. The Morgan fingerprint density at radius 3 is 2.64 bits per heavy atom. The van der Waals surface area contributed by atoms with Crippen LogP contribution in [-0.2, 0) is 0 Å². The Bertz CT molecular complexity index is 733. The predicted octanol–water partition coefficient (Wildman–Crippen LogP) is 3.77. The van der Waals surface area contributed by atoms with Crippen molar-refractivity contribution in [2.45, 2.75) is 11.1 Å². The summed E-state index contributed by atoms with van der Waals surface area (Å²) in [4.78, 5) is 4.21. The lowest BCUT2D eigenvalue weighted by Gasteiger charge is -2.12. The minimum atomic E-state index is -0.529. The zero-order valence-electron chi connectivity index (χ0n) is 12.1. The molecule has 0 fully saturated rings. The van der Waals surface area contributed by atoms with Gasteiger partial charge in [0.25, 0.3) is 0 Å². The molecular formula is C18H17NO2S. The molecule has 2 aromatic carbocycles. The van der Waals surface area contributed by atoms with E-state index in [-0.39, 0.29) is 6.61 Å². The van der Waals surface area contributed by atoms with Crippen LogP contribution in [0.1, 0.15) is 0 Å².